The molecule has 1 N–H and O–H groups in total. The minimum absolute atomic E-state index is 0.00459. The maximum absolute atomic E-state index is 13.5. The summed E-state index contributed by atoms with van der Waals surface area (Å²) in [5, 5.41) is 3.08. The molecule has 0 saturated carbocycles. The van der Waals surface area contributed by atoms with Crippen LogP contribution in [0.3, 0.4) is 0 Å². The second-order valence-electron chi connectivity index (χ2n) is 8.85. The van der Waals surface area contributed by atoms with Gasteiger partial charge in [-0.3, -0.25) is 9.69 Å². The van der Waals surface area contributed by atoms with Crippen LogP contribution in [0.15, 0.2) is 24.0 Å². The lowest BCUT2D eigenvalue weighted by atomic mass is 9.66. The SMILES string of the molecule is COC(=O)C1=CO[C@@H](C)[C@@H]2CN3CC[C@@]4(C(=O)Nc5cc(OC)c(OC)cc54)[C@H]3C[C@H]12. The highest BCUT2D eigenvalue weighted by Gasteiger charge is 2.61. The number of hydrogen-bond acceptors (Lipinski definition) is 7. The van der Waals surface area contributed by atoms with E-state index in [9.17, 15) is 9.59 Å². The standard InChI is InChI=1S/C23H28N2O6/c1-12-14-10-25-6-5-23(20(25)7-13(14)15(11-31-12)21(26)30-4)16-8-18(28-2)19(29-3)9-17(16)24-22(23)27/h8-9,11-14,20H,5-7,10H2,1-4H3,(H,24,27)/t12-,13-,14-,20+,23-/m0/s1. The third-order valence-electron chi connectivity index (χ3n) is 7.73. The highest BCUT2D eigenvalue weighted by Crippen LogP contribution is 2.55. The Kier molecular flexibility index (Phi) is 4.66. The minimum atomic E-state index is -0.678. The molecule has 5 atom stereocenters. The fourth-order valence-corrected chi connectivity index (χ4v) is 6.14. The van der Waals surface area contributed by atoms with Gasteiger partial charge in [0, 0.05) is 36.2 Å². The van der Waals surface area contributed by atoms with Crippen LogP contribution < -0.4 is 14.8 Å². The third kappa shape index (κ3) is 2.70. The van der Waals surface area contributed by atoms with Crippen molar-refractivity contribution < 1.29 is 28.5 Å². The summed E-state index contributed by atoms with van der Waals surface area (Å²) in [4.78, 5) is 28.3. The Bertz CT molecular complexity index is 975. The molecule has 166 valence electrons. The molecule has 1 aromatic carbocycles. The van der Waals surface area contributed by atoms with Gasteiger partial charge >= 0.3 is 5.97 Å². The molecule has 0 unspecified atom stereocenters. The number of carbonyl (C=O) groups is 2. The van der Waals surface area contributed by atoms with E-state index >= 15 is 0 Å². The van der Waals surface area contributed by atoms with E-state index in [-0.39, 0.29) is 35.9 Å². The van der Waals surface area contributed by atoms with Gasteiger partial charge in [0.1, 0.15) is 0 Å². The van der Waals surface area contributed by atoms with Crippen LogP contribution in [0.2, 0.25) is 0 Å². The summed E-state index contributed by atoms with van der Waals surface area (Å²) in [6.45, 7) is 3.64. The van der Waals surface area contributed by atoms with Crippen LogP contribution in [0.4, 0.5) is 5.69 Å². The molecule has 8 nitrogen and oxygen atoms in total. The van der Waals surface area contributed by atoms with Crippen LogP contribution in [-0.2, 0) is 24.5 Å². The van der Waals surface area contributed by atoms with Crippen molar-refractivity contribution in [3.8, 4) is 11.5 Å². The number of fused-ring (bicyclic) bond motifs is 5. The van der Waals surface area contributed by atoms with E-state index in [0.29, 0.717) is 23.5 Å². The van der Waals surface area contributed by atoms with E-state index in [4.69, 9.17) is 18.9 Å². The average molecular weight is 428 g/mol. The van der Waals surface area contributed by atoms with Crippen LogP contribution in [-0.4, -0.2) is 63.3 Å². The maximum Gasteiger partial charge on any atom is 0.337 e. The molecular weight excluding hydrogens is 400 g/mol. The lowest BCUT2D eigenvalue weighted by molar-refractivity contribution is -0.139. The normalized spacial score (nSPS) is 33.5. The molecule has 0 radical (unpaired) electrons. The minimum Gasteiger partial charge on any atom is -0.497 e. The van der Waals surface area contributed by atoms with E-state index in [2.05, 4.69) is 10.2 Å². The van der Waals surface area contributed by atoms with Crippen molar-refractivity contribution in [1.29, 1.82) is 0 Å². The van der Waals surface area contributed by atoms with Crippen molar-refractivity contribution in [2.75, 3.05) is 39.7 Å². The fraction of sp³-hybridized carbons (Fsp3) is 0.565. The van der Waals surface area contributed by atoms with Crippen LogP contribution in [0.1, 0.15) is 25.3 Å². The first-order valence-electron chi connectivity index (χ1n) is 10.7. The van der Waals surface area contributed by atoms with Gasteiger partial charge in [0.15, 0.2) is 11.5 Å². The highest BCUT2D eigenvalue weighted by molar-refractivity contribution is 6.07. The average Bonchev–Trinajstić information content (AvgIpc) is 3.29. The van der Waals surface area contributed by atoms with Gasteiger partial charge in [-0.1, -0.05) is 0 Å². The Balaban J connectivity index is 1.57. The number of anilines is 1. The smallest absolute Gasteiger partial charge is 0.337 e. The number of nitrogens with one attached hydrogen (secondary N) is 1. The number of nitrogens with zero attached hydrogens (tertiary/aromatic N) is 1. The molecule has 0 bridgehead atoms. The van der Waals surface area contributed by atoms with Crippen molar-refractivity contribution >= 4 is 17.6 Å². The molecule has 0 aliphatic carbocycles. The fourth-order valence-electron chi connectivity index (χ4n) is 6.14. The number of rotatable bonds is 3. The number of methoxy groups -OCH3 is 3. The molecule has 8 heteroatoms. The molecule has 4 aliphatic heterocycles. The van der Waals surface area contributed by atoms with Crippen LogP contribution in [0, 0.1) is 11.8 Å². The number of amides is 1. The molecule has 4 heterocycles. The molecular formula is C23H28N2O6. The molecule has 1 spiro atoms. The van der Waals surface area contributed by atoms with Crippen LogP contribution >= 0.6 is 0 Å². The number of hydrogen-bond donors (Lipinski definition) is 1. The second-order valence-corrected chi connectivity index (χ2v) is 8.85. The molecule has 31 heavy (non-hydrogen) atoms. The van der Waals surface area contributed by atoms with Gasteiger partial charge in [0.25, 0.3) is 0 Å². The topological polar surface area (TPSA) is 86.3 Å². The maximum atomic E-state index is 13.5. The van der Waals surface area contributed by atoms with Crippen LogP contribution in [0.5, 0.6) is 11.5 Å². The molecule has 2 saturated heterocycles. The largest absolute Gasteiger partial charge is 0.497 e. The van der Waals surface area contributed by atoms with Gasteiger partial charge in [0.05, 0.1) is 44.7 Å². The molecule has 0 aromatic heterocycles. The third-order valence-corrected chi connectivity index (χ3v) is 7.73. The second kappa shape index (κ2) is 7.15. The Labute approximate surface area is 181 Å². The van der Waals surface area contributed by atoms with E-state index in [1.807, 2.05) is 19.1 Å². The van der Waals surface area contributed by atoms with Crippen molar-refractivity contribution in [2.24, 2.45) is 11.8 Å². The number of carbonyl (C=O) groups excluding carboxylic acids is 2. The summed E-state index contributed by atoms with van der Waals surface area (Å²) in [6, 6.07) is 3.75. The number of esters is 1. The summed E-state index contributed by atoms with van der Waals surface area (Å²) >= 11 is 0. The van der Waals surface area contributed by atoms with E-state index in [0.717, 1.165) is 30.8 Å². The molecule has 2 fully saturated rings. The highest BCUT2D eigenvalue weighted by atomic mass is 16.5. The first-order valence-corrected chi connectivity index (χ1v) is 10.7. The summed E-state index contributed by atoms with van der Waals surface area (Å²) in [5.74, 6) is 1.02. The molecule has 5 rings (SSSR count). The summed E-state index contributed by atoms with van der Waals surface area (Å²) < 4.78 is 21.8. The monoisotopic (exact) mass is 428 g/mol. The first kappa shape index (κ1) is 20.2. The zero-order valence-electron chi connectivity index (χ0n) is 18.3. The Hall–Kier alpha value is -2.74. The lowest BCUT2D eigenvalue weighted by Crippen LogP contribution is -2.56. The molecule has 4 aliphatic rings. The number of piperidine rings is 1. The van der Waals surface area contributed by atoms with Gasteiger partial charge < -0.3 is 24.3 Å². The Morgan fingerprint density at radius 1 is 1.23 bits per heavy atom. The Morgan fingerprint density at radius 3 is 2.68 bits per heavy atom. The predicted octanol–water partition coefficient (Wildman–Crippen LogP) is 2.08. The van der Waals surface area contributed by atoms with E-state index < -0.39 is 5.41 Å². The van der Waals surface area contributed by atoms with E-state index in [1.165, 1.54) is 7.11 Å². The summed E-state index contributed by atoms with van der Waals surface area (Å²) in [7, 11) is 4.58. The predicted molar refractivity (Wildman–Crippen MR) is 112 cm³/mol. The number of ether oxygens (including phenoxy) is 4. The van der Waals surface area contributed by atoms with Gasteiger partial charge in [-0.15, -0.1) is 0 Å². The van der Waals surface area contributed by atoms with Crippen molar-refractivity contribution in [1.82, 2.24) is 4.90 Å². The van der Waals surface area contributed by atoms with E-state index in [1.54, 1.807) is 20.5 Å². The summed E-state index contributed by atoms with van der Waals surface area (Å²) in [6.07, 6.45) is 2.98. The molecule has 1 amide bonds. The van der Waals surface area contributed by atoms with Gasteiger partial charge in [-0.05, 0) is 37.9 Å². The van der Waals surface area contributed by atoms with Crippen molar-refractivity contribution in [2.45, 2.75) is 37.3 Å². The van der Waals surface area contributed by atoms with Crippen LogP contribution in [0.25, 0.3) is 0 Å². The lowest BCUT2D eigenvalue weighted by Gasteiger charge is -2.48. The zero-order chi connectivity index (χ0) is 21.9. The Morgan fingerprint density at radius 2 is 1.97 bits per heavy atom. The first-order chi connectivity index (χ1) is 14.9. The van der Waals surface area contributed by atoms with Gasteiger partial charge in [-0.25, -0.2) is 4.79 Å². The zero-order valence-corrected chi connectivity index (χ0v) is 18.3. The van der Waals surface area contributed by atoms with Crippen molar-refractivity contribution in [3.63, 3.8) is 0 Å². The molecule has 1 aromatic rings. The van der Waals surface area contributed by atoms with Gasteiger partial charge in [0.2, 0.25) is 5.91 Å². The van der Waals surface area contributed by atoms with Gasteiger partial charge in [-0.2, -0.15) is 0 Å². The quantitative estimate of drug-likeness (QED) is 0.738. The summed E-state index contributed by atoms with van der Waals surface area (Å²) in [5.41, 5.74) is 1.61. The number of benzene rings is 1. The van der Waals surface area contributed by atoms with Crippen molar-refractivity contribution in [3.05, 3.63) is 29.5 Å².